The molecule has 1 atom stereocenters. The Morgan fingerprint density at radius 3 is 2.69 bits per heavy atom. The average Bonchev–Trinajstić information content (AvgIpc) is 3.10. The fraction of sp³-hybridized carbons (Fsp3) is 0.429. The fourth-order valence-electron chi connectivity index (χ4n) is 3.44. The van der Waals surface area contributed by atoms with Crippen LogP contribution in [0.25, 0.3) is 0 Å². The minimum atomic E-state index is 0.530. The van der Waals surface area contributed by atoms with Crippen LogP contribution in [0.4, 0.5) is 0 Å². The van der Waals surface area contributed by atoms with Crippen molar-refractivity contribution in [3.63, 3.8) is 0 Å². The van der Waals surface area contributed by atoms with Crippen LogP contribution < -0.4 is 10.1 Å². The molecule has 2 aromatic carbocycles. The van der Waals surface area contributed by atoms with Crippen LogP contribution >= 0.6 is 27.5 Å². The first-order valence-electron chi connectivity index (χ1n) is 9.26. The molecule has 0 spiro atoms. The Kier molecular flexibility index (Phi) is 7.38. The van der Waals surface area contributed by atoms with Crippen molar-refractivity contribution in [2.24, 2.45) is 0 Å². The van der Waals surface area contributed by atoms with Gasteiger partial charge in [0.25, 0.3) is 0 Å². The van der Waals surface area contributed by atoms with E-state index in [9.17, 15) is 0 Å². The number of benzene rings is 2. The first-order valence-corrected chi connectivity index (χ1v) is 10.4. The zero-order valence-corrected chi connectivity index (χ0v) is 17.5. The van der Waals surface area contributed by atoms with E-state index >= 15 is 0 Å². The summed E-state index contributed by atoms with van der Waals surface area (Å²) in [5.74, 6) is 0.858. The summed E-state index contributed by atoms with van der Waals surface area (Å²) in [4.78, 5) is 2.57. The lowest BCUT2D eigenvalue weighted by atomic mass is 10.2. The summed E-state index contributed by atoms with van der Waals surface area (Å²) >= 11 is 9.54. The first-order chi connectivity index (χ1) is 12.7. The van der Waals surface area contributed by atoms with Crippen molar-refractivity contribution >= 4 is 27.5 Å². The molecule has 0 radical (unpaired) electrons. The zero-order chi connectivity index (χ0) is 18.4. The minimum Gasteiger partial charge on any atom is -0.488 e. The first kappa shape index (κ1) is 19.7. The van der Waals surface area contributed by atoms with Gasteiger partial charge in [0.2, 0.25) is 0 Å². The fourth-order valence-corrected chi connectivity index (χ4v) is 4.11. The molecule has 1 fully saturated rings. The van der Waals surface area contributed by atoms with Crippen LogP contribution in [0.2, 0.25) is 5.02 Å². The lowest BCUT2D eigenvalue weighted by Gasteiger charge is -2.23. The molecule has 0 aliphatic carbocycles. The van der Waals surface area contributed by atoms with Crippen molar-refractivity contribution in [1.82, 2.24) is 10.2 Å². The van der Waals surface area contributed by atoms with Crippen LogP contribution in [0.5, 0.6) is 5.75 Å². The molecular weight excluding hydrogens is 412 g/mol. The molecule has 0 bridgehead atoms. The van der Waals surface area contributed by atoms with Gasteiger partial charge in [0.15, 0.2) is 0 Å². The molecule has 0 aromatic heterocycles. The molecule has 1 saturated heterocycles. The normalized spacial score (nSPS) is 17.6. The van der Waals surface area contributed by atoms with Gasteiger partial charge in [-0.1, -0.05) is 36.7 Å². The van der Waals surface area contributed by atoms with Gasteiger partial charge in [-0.2, -0.15) is 0 Å². The number of ether oxygens (including phenoxy) is 1. The van der Waals surface area contributed by atoms with Gasteiger partial charge in [-0.15, -0.1) is 0 Å². The Morgan fingerprint density at radius 2 is 1.96 bits per heavy atom. The van der Waals surface area contributed by atoms with E-state index in [1.54, 1.807) is 0 Å². The van der Waals surface area contributed by atoms with Gasteiger partial charge in [0, 0.05) is 24.2 Å². The minimum absolute atomic E-state index is 0.530. The van der Waals surface area contributed by atoms with E-state index in [4.69, 9.17) is 16.3 Å². The third kappa shape index (κ3) is 5.46. The maximum Gasteiger partial charge on any atom is 0.134 e. The van der Waals surface area contributed by atoms with Crippen molar-refractivity contribution in [1.29, 1.82) is 0 Å². The number of likely N-dealkylation sites (tertiary alicyclic amines) is 1. The summed E-state index contributed by atoms with van der Waals surface area (Å²) in [6, 6.07) is 14.7. The maximum absolute atomic E-state index is 5.92. The molecule has 3 rings (SSSR count). The van der Waals surface area contributed by atoms with Gasteiger partial charge in [0.05, 0.1) is 4.47 Å². The summed E-state index contributed by atoms with van der Waals surface area (Å²) in [6.45, 7) is 7.11. The van der Waals surface area contributed by atoms with E-state index in [1.165, 1.54) is 24.9 Å². The van der Waals surface area contributed by atoms with E-state index < -0.39 is 0 Å². The van der Waals surface area contributed by atoms with Crippen molar-refractivity contribution in [3.8, 4) is 5.75 Å². The third-order valence-corrected chi connectivity index (χ3v) is 5.79. The molecule has 140 valence electrons. The summed E-state index contributed by atoms with van der Waals surface area (Å²) in [7, 11) is 0. The number of rotatable bonds is 8. The topological polar surface area (TPSA) is 24.5 Å². The largest absolute Gasteiger partial charge is 0.488 e. The Balaban J connectivity index is 1.48. The quantitative estimate of drug-likeness (QED) is 0.610. The van der Waals surface area contributed by atoms with Crippen LogP contribution in [-0.2, 0) is 13.2 Å². The predicted molar refractivity (Wildman–Crippen MR) is 112 cm³/mol. The highest BCUT2D eigenvalue weighted by atomic mass is 79.9. The number of likely N-dealkylation sites (N-methyl/N-ethyl adjacent to an activating group) is 1. The molecule has 1 heterocycles. The predicted octanol–water partition coefficient (Wildman–Crippen LogP) is 5.26. The van der Waals surface area contributed by atoms with E-state index in [0.29, 0.717) is 12.6 Å². The number of hydrogen-bond acceptors (Lipinski definition) is 3. The second-order valence-corrected chi connectivity index (χ2v) is 8.03. The van der Waals surface area contributed by atoms with Crippen LogP contribution in [0, 0.1) is 0 Å². The summed E-state index contributed by atoms with van der Waals surface area (Å²) in [5, 5.41) is 4.34. The van der Waals surface area contributed by atoms with Crippen molar-refractivity contribution in [2.45, 2.75) is 39.0 Å². The molecule has 1 N–H and O–H groups in total. The van der Waals surface area contributed by atoms with E-state index in [2.05, 4.69) is 45.2 Å². The summed E-state index contributed by atoms with van der Waals surface area (Å²) in [5.41, 5.74) is 2.36. The number of nitrogens with zero attached hydrogens (tertiary/aromatic N) is 1. The monoisotopic (exact) mass is 436 g/mol. The lowest BCUT2D eigenvalue weighted by molar-refractivity contribution is 0.260. The van der Waals surface area contributed by atoms with E-state index in [-0.39, 0.29) is 0 Å². The van der Waals surface area contributed by atoms with Gasteiger partial charge in [0.1, 0.15) is 12.4 Å². The highest BCUT2D eigenvalue weighted by Crippen LogP contribution is 2.27. The standard InChI is InChI=1S/C21H26BrClN2O/c1-2-25-11-3-4-19(25)14-24-13-17-7-10-21(20(22)12-17)26-15-16-5-8-18(23)9-6-16/h5-10,12,19,24H,2-4,11,13-15H2,1H3/t19-/m1/s1. The zero-order valence-electron chi connectivity index (χ0n) is 15.2. The SMILES string of the molecule is CCN1CCC[C@@H]1CNCc1ccc(OCc2ccc(Cl)cc2)c(Br)c1. The number of hydrogen-bond donors (Lipinski definition) is 1. The molecule has 0 saturated carbocycles. The second-order valence-electron chi connectivity index (χ2n) is 6.74. The highest BCUT2D eigenvalue weighted by molar-refractivity contribution is 9.10. The van der Waals surface area contributed by atoms with Crippen LogP contribution in [0.3, 0.4) is 0 Å². The number of nitrogens with one attached hydrogen (secondary N) is 1. The van der Waals surface area contributed by atoms with E-state index in [0.717, 1.165) is 40.4 Å². The Hall–Kier alpha value is -1.07. The van der Waals surface area contributed by atoms with E-state index in [1.807, 2.05) is 30.3 Å². The van der Waals surface area contributed by atoms with Crippen LogP contribution in [0.1, 0.15) is 30.9 Å². The molecule has 5 heteroatoms. The Morgan fingerprint density at radius 1 is 1.19 bits per heavy atom. The Labute approximate surface area is 169 Å². The second kappa shape index (κ2) is 9.75. The number of halogens is 2. The molecule has 26 heavy (non-hydrogen) atoms. The summed E-state index contributed by atoms with van der Waals surface area (Å²) < 4.78 is 6.90. The molecule has 1 aliphatic rings. The van der Waals surface area contributed by atoms with Gasteiger partial charge in [-0.3, -0.25) is 4.90 Å². The van der Waals surface area contributed by atoms with Gasteiger partial charge < -0.3 is 10.1 Å². The Bertz CT molecular complexity index is 708. The van der Waals surface area contributed by atoms with Crippen molar-refractivity contribution in [2.75, 3.05) is 19.6 Å². The summed E-state index contributed by atoms with van der Waals surface area (Å²) in [6.07, 6.45) is 2.63. The molecule has 2 aromatic rings. The average molecular weight is 438 g/mol. The van der Waals surface area contributed by atoms with Crippen molar-refractivity contribution < 1.29 is 4.74 Å². The molecule has 0 unspecified atom stereocenters. The third-order valence-electron chi connectivity index (χ3n) is 4.92. The molecular formula is C21H26BrClN2O. The smallest absolute Gasteiger partial charge is 0.134 e. The van der Waals surface area contributed by atoms with Gasteiger partial charge >= 0.3 is 0 Å². The van der Waals surface area contributed by atoms with Gasteiger partial charge in [-0.25, -0.2) is 0 Å². The van der Waals surface area contributed by atoms with Crippen molar-refractivity contribution in [3.05, 3.63) is 63.1 Å². The van der Waals surface area contributed by atoms with Crippen LogP contribution in [0.15, 0.2) is 46.9 Å². The molecule has 1 aliphatic heterocycles. The van der Waals surface area contributed by atoms with Crippen LogP contribution in [-0.4, -0.2) is 30.6 Å². The maximum atomic E-state index is 5.92. The molecule has 0 amide bonds. The lowest BCUT2D eigenvalue weighted by Crippen LogP contribution is -2.37. The van der Waals surface area contributed by atoms with Gasteiger partial charge in [-0.05, 0) is 77.3 Å². The highest BCUT2D eigenvalue weighted by Gasteiger charge is 2.22. The molecule has 3 nitrogen and oxygen atoms in total.